The van der Waals surface area contributed by atoms with E-state index in [1.54, 1.807) is 35.3 Å². The van der Waals surface area contributed by atoms with Gasteiger partial charge in [-0.1, -0.05) is 24.3 Å². The predicted octanol–water partition coefficient (Wildman–Crippen LogP) is 2.27. The number of hydrogen-bond donors (Lipinski definition) is 2. The number of nitrogens with zero attached hydrogens (tertiary/aromatic N) is 3. The molecule has 1 aromatic heterocycles. The Kier molecular flexibility index (Phi) is 6.57. The number of carbonyl (C=O) groups excluding carboxylic acids is 2. The molecule has 2 aromatic carbocycles. The van der Waals surface area contributed by atoms with Gasteiger partial charge >= 0.3 is 0 Å². The highest BCUT2D eigenvalue weighted by molar-refractivity contribution is 5.97. The number of para-hydroxylation sites is 1. The molecule has 2 amide bonds. The van der Waals surface area contributed by atoms with Crippen molar-refractivity contribution < 1.29 is 14.3 Å². The average Bonchev–Trinajstić information content (AvgIpc) is 3.28. The second kappa shape index (κ2) is 9.50. The SMILES string of the molecule is COc1ccccc1C(=O)NCCC(=O)N[C@H](C)c1ccc(-n2cncn2)cc1. The lowest BCUT2D eigenvalue weighted by molar-refractivity contribution is -0.121. The number of benzene rings is 2. The Hall–Kier alpha value is -3.68. The van der Waals surface area contributed by atoms with E-state index in [4.69, 9.17) is 4.74 Å². The highest BCUT2D eigenvalue weighted by atomic mass is 16.5. The average molecular weight is 393 g/mol. The number of nitrogens with one attached hydrogen (secondary N) is 2. The van der Waals surface area contributed by atoms with Crippen LogP contribution in [0.5, 0.6) is 5.75 Å². The maximum absolute atomic E-state index is 12.2. The lowest BCUT2D eigenvalue weighted by atomic mass is 10.1. The first-order valence-corrected chi connectivity index (χ1v) is 9.24. The molecule has 29 heavy (non-hydrogen) atoms. The fourth-order valence-electron chi connectivity index (χ4n) is 2.87. The van der Waals surface area contributed by atoms with Gasteiger partial charge in [-0.25, -0.2) is 9.67 Å². The van der Waals surface area contributed by atoms with E-state index >= 15 is 0 Å². The molecule has 0 saturated heterocycles. The van der Waals surface area contributed by atoms with E-state index in [1.165, 1.54) is 13.4 Å². The summed E-state index contributed by atoms with van der Waals surface area (Å²) in [5.74, 6) is 0.0857. The predicted molar refractivity (Wildman–Crippen MR) is 108 cm³/mol. The molecule has 3 rings (SSSR count). The monoisotopic (exact) mass is 393 g/mol. The van der Waals surface area contributed by atoms with Gasteiger partial charge < -0.3 is 15.4 Å². The molecule has 1 heterocycles. The zero-order valence-corrected chi connectivity index (χ0v) is 16.3. The van der Waals surface area contributed by atoms with Crippen LogP contribution in [0.2, 0.25) is 0 Å². The van der Waals surface area contributed by atoms with Crippen LogP contribution in [0.3, 0.4) is 0 Å². The molecule has 1 atom stereocenters. The van der Waals surface area contributed by atoms with E-state index in [2.05, 4.69) is 20.7 Å². The number of amides is 2. The van der Waals surface area contributed by atoms with Crippen LogP contribution in [0.25, 0.3) is 5.69 Å². The summed E-state index contributed by atoms with van der Waals surface area (Å²) in [5.41, 5.74) is 2.31. The summed E-state index contributed by atoms with van der Waals surface area (Å²) < 4.78 is 6.84. The summed E-state index contributed by atoms with van der Waals surface area (Å²) in [5, 5.41) is 9.77. The Morgan fingerprint density at radius 1 is 1.14 bits per heavy atom. The van der Waals surface area contributed by atoms with Crippen LogP contribution in [0.15, 0.2) is 61.2 Å². The van der Waals surface area contributed by atoms with E-state index in [1.807, 2.05) is 31.2 Å². The van der Waals surface area contributed by atoms with Crippen LogP contribution < -0.4 is 15.4 Å². The summed E-state index contributed by atoms with van der Waals surface area (Å²) in [7, 11) is 1.51. The molecule has 0 aliphatic heterocycles. The second-order valence-electron chi connectivity index (χ2n) is 6.43. The Morgan fingerprint density at radius 3 is 2.59 bits per heavy atom. The minimum Gasteiger partial charge on any atom is -0.496 e. The first-order chi connectivity index (χ1) is 14.1. The molecular formula is C21H23N5O3. The van der Waals surface area contributed by atoms with E-state index < -0.39 is 0 Å². The third-order valence-electron chi connectivity index (χ3n) is 4.44. The maximum Gasteiger partial charge on any atom is 0.255 e. The van der Waals surface area contributed by atoms with Crippen LogP contribution in [0.1, 0.15) is 35.3 Å². The van der Waals surface area contributed by atoms with Gasteiger partial charge in [0.05, 0.1) is 24.4 Å². The summed E-state index contributed by atoms with van der Waals surface area (Å²) >= 11 is 0. The smallest absolute Gasteiger partial charge is 0.255 e. The second-order valence-corrected chi connectivity index (χ2v) is 6.43. The van der Waals surface area contributed by atoms with Crippen molar-refractivity contribution in [3.05, 3.63) is 72.3 Å². The lowest BCUT2D eigenvalue weighted by Gasteiger charge is -2.15. The largest absolute Gasteiger partial charge is 0.496 e. The number of methoxy groups -OCH3 is 1. The number of aromatic nitrogens is 3. The first kappa shape index (κ1) is 20.1. The van der Waals surface area contributed by atoms with Gasteiger partial charge in [0, 0.05) is 13.0 Å². The van der Waals surface area contributed by atoms with Crippen molar-refractivity contribution in [3.63, 3.8) is 0 Å². The number of ether oxygens (including phenoxy) is 1. The Morgan fingerprint density at radius 2 is 1.90 bits per heavy atom. The number of hydrogen-bond acceptors (Lipinski definition) is 5. The van der Waals surface area contributed by atoms with E-state index in [0.717, 1.165) is 11.3 Å². The molecule has 0 aliphatic carbocycles. The van der Waals surface area contributed by atoms with Gasteiger partial charge in [-0.05, 0) is 36.8 Å². The zero-order valence-electron chi connectivity index (χ0n) is 16.3. The molecule has 3 aromatic rings. The number of carbonyl (C=O) groups is 2. The van der Waals surface area contributed by atoms with Crippen molar-refractivity contribution in [2.45, 2.75) is 19.4 Å². The molecule has 0 spiro atoms. The lowest BCUT2D eigenvalue weighted by Crippen LogP contribution is -2.32. The zero-order chi connectivity index (χ0) is 20.6. The van der Waals surface area contributed by atoms with Gasteiger partial charge in [-0.2, -0.15) is 5.10 Å². The van der Waals surface area contributed by atoms with E-state index in [-0.39, 0.29) is 30.8 Å². The van der Waals surface area contributed by atoms with Crippen molar-refractivity contribution in [2.24, 2.45) is 0 Å². The van der Waals surface area contributed by atoms with Crippen molar-refractivity contribution in [3.8, 4) is 11.4 Å². The van der Waals surface area contributed by atoms with Gasteiger partial charge in [0.1, 0.15) is 18.4 Å². The summed E-state index contributed by atoms with van der Waals surface area (Å²) in [6.07, 6.45) is 3.28. The summed E-state index contributed by atoms with van der Waals surface area (Å²) in [4.78, 5) is 28.4. The molecule has 150 valence electrons. The molecule has 8 nitrogen and oxygen atoms in total. The van der Waals surface area contributed by atoms with Crippen molar-refractivity contribution in [2.75, 3.05) is 13.7 Å². The molecular weight excluding hydrogens is 370 g/mol. The molecule has 0 radical (unpaired) electrons. The van der Waals surface area contributed by atoms with E-state index in [9.17, 15) is 9.59 Å². The standard InChI is InChI=1S/C21H23N5O3/c1-15(16-7-9-17(10-8-16)26-14-22-13-24-26)25-20(27)11-12-23-21(28)18-5-3-4-6-19(18)29-2/h3-10,13-15H,11-12H2,1-2H3,(H,23,28)(H,25,27)/t15-/m1/s1. The highest BCUT2D eigenvalue weighted by Crippen LogP contribution is 2.17. The van der Waals surface area contributed by atoms with Gasteiger partial charge in [-0.15, -0.1) is 0 Å². The molecule has 2 N–H and O–H groups in total. The molecule has 0 fully saturated rings. The van der Waals surface area contributed by atoms with Crippen molar-refractivity contribution in [1.82, 2.24) is 25.4 Å². The Bertz CT molecular complexity index is 955. The number of rotatable bonds is 8. The van der Waals surface area contributed by atoms with Gasteiger partial charge in [-0.3, -0.25) is 9.59 Å². The topological polar surface area (TPSA) is 98.1 Å². The van der Waals surface area contributed by atoms with Crippen LogP contribution in [0, 0.1) is 0 Å². The van der Waals surface area contributed by atoms with Crippen LogP contribution in [-0.2, 0) is 4.79 Å². The fraction of sp³-hybridized carbons (Fsp3) is 0.238. The third-order valence-corrected chi connectivity index (χ3v) is 4.44. The summed E-state index contributed by atoms with van der Waals surface area (Å²) in [6, 6.07) is 14.5. The van der Waals surface area contributed by atoms with Crippen molar-refractivity contribution >= 4 is 11.8 Å². The van der Waals surface area contributed by atoms with Gasteiger partial charge in [0.2, 0.25) is 5.91 Å². The van der Waals surface area contributed by atoms with Gasteiger partial charge in [0.15, 0.2) is 0 Å². The molecule has 0 bridgehead atoms. The van der Waals surface area contributed by atoms with Crippen molar-refractivity contribution in [1.29, 1.82) is 0 Å². The van der Waals surface area contributed by atoms with Crippen LogP contribution >= 0.6 is 0 Å². The minimum atomic E-state index is -0.271. The quantitative estimate of drug-likeness (QED) is 0.612. The Labute approximate surface area is 168 Å². The van der Waals surface area contributed by atoms with Gasteiger partial charge in [0.25, 0.3) is 5.91 Å². The molecule has 0 unspecified atom stereocenters. The summed E-state index contributed by atoms with van der Waals surface area (Å²) in [6.45, 7) is 2.15. The fourth-order valence-corrected chi connectivity index (χ4v) is 2.87. The minimum absolute atomic E-state index is 0.141. The molecule has 0 saturated carbocycles. The molecule has 0 aliphatic rings. The maximum atomic E-state index is 12.2. The van der Waals surface area contributed by atoms with Crippen LogP contribution in [0.4, 0.5) is 0 Å². The third kappa shape index (κ3) is 5.19. The Balaban J connectivity index is 1.47. The highest BCUT2D eigenvalue weighted by Gasteiger charge is 2.13. The first-order valence-electron chi connectivity index (χ1n) is 9.24. The normalized spacial score (nSPS) is 11.5. The van der Waals surface area contributed by atoms with Crippen LogP contribution in [-0.4, -0.2) is 40.2 Å². The van der Waals surface area contributed by atoms with E-state index in [0.29, 0.717) is 11.3 Å². The molecule has 8 heteroatoms.